The molecule has 2 aliphatic rings. The Kier molecular flexibility index (Phi) is 10.8. The van der Waals surface area contributed by atoms with Gasteiger partial charge in [-0.3, -0.25) is 19.8 Å². The molecule has 0 saturated carbocycles. The van der Waals surface area contributed by atoms with E-state index in [1.54, 1.807) is 35.2 Å². The molecule has 4 aromatic carbocycles. The smallest absolute Gasteiger partial charge is 0.356 e. The Morgan fingerprint density at radius 3 is 2.38 bits per heavy atom. The zero-order valence-electron chi connectivity index (χ0n) is 26.5. The van der Waals surface area contributed by atoms with E-state index < -0.39 is 29.8 Å². The van der Waals surface area contributed by atoms with Gasteiger partial charge in [-0.15, -0.1) is 0 Å². The molecule has 2 saturated heterocycles. The van der Waals surface area contributed by atoms with E-state index in [-0.39, 0.29) is 30.7 Å². The maximum atomic E-state index is 14.0. The SMILES string of the molecule is O=C(Nc1ccc(C2SC(=Nc3cccc(F)c3)N(Cc3ccc(NC(F)(F)F)cc3)C2=O)cc1)[C@@H]1CCCN1C(O)OCc1ccccc1. The number of carbonyl (C=O) groups excluding carboxylic acids is 2. The minimum absolute atomic E-state index is 0.0235. The molecule has 0 aromatic heterocycles. The molecule has 50 heavy (non-hydrogen) atoms. The molecule has 0 bridgehead atoms. The molecule has 2 amide bonds. The largest absolute Gasteiger partial charge is 0.482 e. The van der Waals surface area contributed by atoms with E-state index in [1.807, 2.05) is 30.3 Å². The van der Waals surface area contributed by atoms with Crippen molar-refractivity contribution in [2.45, 2.75) is 50.0 Å². The van der Waals surface area contributed by atoms with Crippen molar-refractivity contribution < 1.29 is 37.0 Å². The summed E-state index contributed by atoms with van der Waals surface area (Å²) in [5.74, 6) is -1.11. The van der Waals surface area contributed by atoms with Gasteiger partial charge in [-0.25, -0.2) is 14.3 Å². The van der Waals surface area contributed by atoms with Gasteiger partial charge in [-0.05, 0) is 72.0 Å². The molecule has 4 aromatic rings. The minimum atomic E-state index is -4.59. The molecule has 3 atom stereocenters. The number of benzene rings is 4. The van der Waals surface area contributed by atoms with Crippen molar-refractivity contribution in [3.8, 4) is 0 Å². The lowest BCUT2D eigenvalue weighted by Crippen LogP contribution is -2.46. The molecule has 2 unspecified atom stereocenters. The van der Waals surface area contributed by atoms with Crippen molar-refractivity contribution in [1.29, 1.82) is 0 Å². The van der Waals surface area contributed by atoms with E-state index in [0.717, 1.165) is 17.3 Å². The maximum Gasteiger partial charge on any atom is 0.482 e. The first kappa shape index (κ1) is 35.1. The van der Waals surface area contributed by atoms with Gasteiger partial charge < -0.3 is 15.2 Å². The number of likely N-dealkylation sites (tertiary alicyclic amines) is 1. The fourth-order valence-electron chi connectivity index (χ4n) is 5.74. The molecule has 3 N–H and O–H groups in total. The van der Waals surface area contributed by atoms with Gasteiger partial charge >= 0.3 is 6.30 Å². The summed E-state index contributed by atoms with van der Waals surface area (Å²) in [7, 11) is 0. The Hall–Kier alpha value is -4.76. The molecular weight excluding hydrogens is 674 g/mol. The van der Waals surface area contributed by atoms with Crippen molar-refractivity contribution in [1.82, 2.24) is 9.80 Å². The Morgan fingerprint density at radius 1 is 0.960 bits per heavy atom. The van der Waals surface area contributed by atoms with Crippen molar-refractivity contribution in [3.63, 3.8) is 0 Å². The van der Waals surface area contributed by atoms with E-state index in [1.165, 1.54) is 52.7 Å². The van der Waals surface area contributed by atoms with Crippen molar-refractivity contribution in [3.05, 3.63) is 126 Å². The Morgan fingerprint density at radius 2 is 1.68 bits per heavy atom. The molecule has 0 radical (unpaired) electrons. The van der Waals surface area contributed by atoms with Crippen molar-refractivity contribution >= 4 is 45.8 Å². The highest BCUT2D eigenvalue weighted by atomic mass is 32.2. The van der Waals surface area contributed by atoms with Crippen LogP contribution in [0.4, 0.5) is 34.6 Å². The summed E-state index contributed by atoms with van der Waals surface area (Å²) in [5, 5.41) is 14.6. The van der Waals surface area contributed by atoms with E-state index in [0.29, 0.717) is 47.1 Å². The number of amides is 2. The second-order valence-electron chi connectivity index (χ2n) is 11.7. The van der Waals surface area contributed by atoms with Gasteiger partial charge in [0.2, 0.25) is 18.2 Å². The van der Waals surface area contributed by atoms with Gasteiger partial charge in [0.1, 0.15) is 11.1 Å². The van der Waals surface area contributed by atoms with Gasteiger partial charge in [-0.1, -0.05) is 72.4 Å². The number of carbonyl (C=O) groups is 2. The van der Waals surface area contributed by atoms with Crippen LogP contribution in [0.5, 0.6) is 0 Å². The molecule has 2 heterocycles. The van der Waals surface area contributed by atoms with Crippen LogP contribution in [0.25, 0.3) is 0 Å². The fraction of sp³-hybridized carbons (Fsp3) is 0.250. The van der Waals surface area contributed by atoms with Gasteiger partial charge in [-0.2, -0.15) is 13.2 Å². The molecule has 0 aliphatic carbocycles. The summed E-state index contributed by atoms with van der Waals surface area (Å²) in [5.41, 5.74) is 2.75. The van der Waals surface area contributed by atoms with Crippen LogP contribution in [0.1, 0.15) is 34.8 Å². The van der Waals surface area contributed by atoms with Crippen LogP contribution in [0.15, 0.2) is 108 Å². The summed E-state index contributed by atoms with van der Waals surface area (Å²) >= 11 is 1.16. The van der Waals surface area contributed by atoms with Crippen LogP contribution >= 0.6 is 11.8 Å². The first-order valence-electron chi connectivity index (χ1n) is 15.8. The monoisotopic (exact) mass is 707 g/mol. The predicted octanol–water partition coefficient (Wildman–Crippen LogP) is 7.16. The van der Waals surface area contributed by atoms with Crippen molar-refractivity contribution in [2.24, 2.45) is 4.99 Å². The van der Waals surface area contributed by atoms with E-state index >= 15 is 0 Å². The van der Waals surface area contributed by atoms with E-state index in [9.17, 15) is 32.3 Å². The number of aliphatic hydroxyl groups excluding tert-OH is 1. The first-order chi connectivity index (χ1) is 24.0. The highest BCUT2D eigenvalue weighted by molar-refractivity contribution is 8.15. The quantitative estimate of drug-likeness (QED) is 0.0864. The first-order valence-corrected chi connectivity index (χ1v) is 16.7. The lowest BCUT2D eigenvalue weighted by Gasteiger charge is -2.28. The summed E-state index contributed by atoms with van der Waals surface area (Å²) < 4.78 is 57.8. The van der Waals surface area contributed by atoms with Crippen LogP contribution in [-0.2, 0) is 27.5 Å². The zero-order chi connectivity index (χ0) is 35.3. The maximum absolute atomic E-state index is 14.0. The van der Waals surface area contributed by atoms with Gasteiger partial charge in [0.05, 0.1) is 24.9 Å². The topological polar surface area (TPSA) is 107 Å². The number of hydrogen-bond acceptors (Lipinski definition) is 8. The summed E-state index contributed by atoms with van der Waals surface area (Å²) in [6.07, 6.45) is -4.57. The van der Waals surface area contributed by atoms with E-state index in [2.05, 4.69) is 10.3 Å². The Bertz CT molecular complexity index is 1830. The average Bonchev–Trinajstić information content (AvgIpc) is 3.70. The number of aliphatic hydroxyl groups is 1. The normalized spacial score (nSPS) is 19.6. The number of ether oxygens (including phenoxy) is 1. The molecular formula is C36H33F4N5O4S. The zero-order valence-corrected chi connectivity index (χ0v) is 27.3. The summed E-state index contributed by atoms with van der Waals surface area (Å²) in [6.45, 7) is 0.721. The van der Waals surface area contributed by atoms with Crippen molar-refractivity contribution in [2.75, 3.05) is 17.2 Å². The summed E-state index contributed by atoms with van der Waals surface area (Å²) in [4.78, 5) is 34.6. The predicted molar refractivity (Wildman–Crippen MR) is 183 cm³/mol. The number of aliphatic imine (C=N–C) groups is 1. The Balaban J connectivity index is 1.13. The number of rotatable bonds is 11. The Labute approximate surface area is 290 Å². The number of hydrogen-bond donors (Lipinski definition) is 3. The number of thioether (sulfide) groups is 1. The number of nitrogens with one attached hydrogen (secondary N) is 2. The summed E-state index contributed by atoms with van der Waals surface area (Å²) in [6, 6.07) is 26.7. The third-order valence-corrected chi connectivity index (χ3v) is 9.39. The molecule has 0 spiro atoms. The van der Waals surface area contributed by atoms with Crippen LogP contribution in [0.3, 0.4) is 0 Å². The third-order valence-electron chi connectivity index (χ3n) is 8.16. The minimum Gasteiger partial charge on any atom is -0.356 e. The lowest BCUT2D eigenvalue weighted by molar-refractivity contribution is -0.204. The number of halogens is 4. The van der Waals surface area contributed by atoms with Crippen LogP contribution in [0, 0.1) is 5.82 Å². The highest BCUT2D eigenvalue weighted by Gasteiger charge is 2.39. The molecule has 14 heteroatoms. The fourth-order valence-corrected chi connectivity index (χ4v) is 6.91. The second-order valence-corrected chi connectivity index (χ2v) is 12.8. The van der Waals surface area contributed by atoms with Gasteiger partial charge in [0.25, 0.3) is 0 Å². The van der Waals surface area contributed by atoms with Crippen LogP contribution < -0.4 is 10.6 Å². The molecule has 6 rings (SSSR count). The molecule has 2 fully saturated rings. The van der Waals surface area contributed by atoms with Gasteiger partial charge in [0.15, 0.2) is 5.17 Å². The third kappa shape index (κ3) is 8.87. The number of nitrogens with zero attached hydrogens (tertiary/aromatic N) is 3. The van der Waals surface area contributed by atoms with Crippen LogP contribution in [0.2, 0.25) is 0 Å². The standard InChI is InChI=1S/C36H33F4N5O4S/c37-26-8-4-9-29(20-26)42-34-45(21-23-11-15-28(16-12-23)43-36(38,39)40)33(47)31(50-34)25-13-17-27(18-14-25)41-32(46)30-10-5-19-44(30)35(48)49-22-24-6-2-1-3-7-24/h1-4,6-9,11-18,20,30-31,35,43,48H,5,10,19,21-22H2,(H,41,46)/t30-,31?,35?/m0/s1. The number of alkyl halides is 3. The molecule has 260 valence electrons. The van der Waals surface area contributed by atoms with E-state index in [4.69, 9.17) is 4.74 Å². The number of anilines is 2. The molecule has 2 aliphatic heterocycles. The molecule has 9 nitrogen and oxygen atoms in total. The highest BCUT2D eigenvalue weighted by Crippen LogP contribution is 2.41. The lowest BCUT2D eigenvalue weighted by atomic mass is 10.1. The van der Waals surface area contributed by atoms with Gasteiger partial charge in [0, 0.05) is 17.9 Å². The second kappa shape index (κ2) is 15.4. The number of amidine groups is 1. The van der Waals surface area contributed by atoms with Crippen LogP contribution in [-0.4, -0.2) is 57.2 Å². The average molecular weight is 708 g/mol.